The van der Waals surface area contributed by atoms with E-state index in [1.54, 1.807) is 6.07 Å². The number of carbonyl (C=O) groups excluding carboxylic acids is 1. The molecule has 0 radical (unpaired) electrons. The van der Waals surface area contributed by atoms with Gasteiger partial charge in [0.05, 0.1) is 0 Å². The molecule has 1 atom stereocenters. The molecule has 0 saturated carbocycles. The number of carbonyl (C=O) groups is 1. The molecule has 10 heteroatoms. The van der Waals surface area contributed by atoms with Gasteiger partial charge in [-0.2, -0.15) is 17.7 Å². The normalized spacial score (nSPS) is 17.1. The second-order valence-corrected chi connectivity index (χ2v) is 8.13. The number of nitrogens with one attached hydrogen (secondary N) is 1. The Balaban J connectivity index is 1.60. The highest BCUT2D eigenvalue weighted by Gasteiger charge is 2.38. The first-order valence-electron chi connectivity index (χ1n) is 10.00. The van der Waals surface area contributed by atoms with Crippen molar-refractivity contribution in [3.8, 4) is 0 Å². The predicted octanol–water partition coefficient (Wildman–Crippen LogP) is 3.30. The monoisotopic (exact) mass is 412 g/mol. The van der Waals surface area contributed by atoms with Gasteiger partial charge in [-0.1, -0.05) is 13.8 Å². The van der Waals surface area contributed by atoms with Gasteiger partial charge in [0.2, 0.25) is 5.91 Å². The van der Waals surface area contributed by atoms with Gasteiger partial charge in [0.1, 0.15) is 5.82 Å². The van der Waals surface area contributed by atoms with Gasteiger partial charge >= 0.3 is 6.18 Å². The molecule has 0 spiro atoms. The van der Waals surface area contributed by atoms with Crippen LogP contribution in [0, 0.1) is 11.8 Å². The fourth-order valence-corrected chi connectivity index (χ4v) is 3.51. The number of piperidine rings is 1. The molecule has 29 heavy (non-hydrogen) atoms. The van der Waals surface area contributed by atoms with Crippen LogP contribution in [0.3, 0.4) is 0 Å². The fraction of sp³-hybridized carbons (Fsp3) is 0.684. The van der Waals surface area contributed by atoms with E-state index >= 15 is 0 Å². The van der Waals surface area contributed by atoms with Crippen LogP contribution in [-0.4, -0.2) is 44.8 Å². The van der Waals surface area contributed by atoms with Crippen LogP contribution < -0.4 is 10.2 Å². The SMILES string of the molecule is CC(C)CCC(C)NC(=O)C1CCN(c2ccc3nnc(C(F)(F)F)n3n2)CC1. The molecular formula is C19H27F3N6O. The van der Waals surface area contributed by atoms with Crippen LogP contribution >= 0.6 is 0 Å². The number of amides is 1. The number of aromatic nitrogens is 4. The number of fused-ring (bicyclic) bond motifs is 1. The number of anilines is 1. The van der Waals surface area contributed by atoms with Crippen molar-refractivity contribution in [2.75, 3.05) is 18.0 Å². The van der Waals surface area contributed by atoms with E-state index in [2.05, 4.69) is 34.5 Å². The topological polar surface area (TPSA) is 75.4 Å². The van der Waals surface area contributed by atoms with Gasteiger partial charge in [-0.15, -0.1) is 15.3 Å². The standard InChI is InChI=1S/C19H27F3N6O/c1-12(2)4-5-13(3)23-17(29)14-8-10-27(11-9-14)16-7-6-15-24-25-18(19(20,21)22)28(15)26-16/h6-7,12-14H,4-5,8-11H2,1-3H3,(H,23,29). The van der Waals surface area contributed by atoms with E-state index in [1.165, 1.54) is 6.07 Å². The maximum atomic E-state index is 13.0. The molecule has 7 nitrogen and oxygen atoms in total. The van der Waals surface area contributed by atoms with E-state index in [-0.39, 0.29) is 23.5 Å². The summed E-state index contributed by atoms with van der Waals surface area (Å²) < 4.78 is 39.9. The predicted molar refractivity (Wildman–Crippen MR) is 102 cm³/mol. The third-order valence-corrected chi connectivity index (χ3v) is 5.26. The summed E-state index contributed by atoms with van der Waals surface area (Å²) in [5.41, 5.74) is 0.0470. The van der Waals surface area contributed by atoms with E-state index in [9.17, 15) is 18.0 Å². The summed E-state index contributed by atoms with van der Waals surface area (Å²) in [5.74, 6) is -0.142. The lowest BCUT2D eigenvalue weighted by molar-refractivity contribution is -0.146. The van der Waals surface area contributed by atoms with Gasteiger partial charge in [0.15, 0.2) is 5.65 Å². The Kier molecular flexibility index (Phi) is 6.28. The van der Waals surface area contributed by atoms with E-state index < -0.39 is 12.0 Å². The van der Waals surface area contributed by atoms with E-state index in [0.29, 0.717) is 37.7 Å². The molecule has 1 fully saturated rings. The van der Waals surface area contributed by atoms with E-state index in [4.69, 9.17) is 0 Å². The Bertz CT molecular complexity index is 842. The molecular weight excluding hydrogens is 385 g/mol. The highest BCUT2D eigenvalue weighted by molar-refractivity contribution is 5.79. The number of nitrogens with zero attached hydrogens (tertiary/aromatic N) is 5. The van der Waals surface area contributed by atoms with Crippen LogP contribution in [0.25, 0.3) is 5.65 Å². The van der Waals surface area contributed by atoms with Crippen molar-refractivity contribution in [1.29, 1.82) is 0 Å². The average Bonchev–Trinajstić information content (AvgIpc) is 3.10. The smallest absolute Gasteiger partial charge is 0.355 e. The maximum absolute atomic E-state index is 13.0. The first-order chi connectivity index (χ1) is 13.6. The van der Waals surface area contributed by atoms with E-state index in [1.807, 2.05) is 11.8 Å². The highest BCUT2D eigenvalue weighted by Crippen LogP contribution is 2.28. The Morgan fingerprint density at radius 1 is 1.17 bits per heavy atom. The molecule has 160 valence electrons. The maximum Gasteiger partial charge on any atom is 0.453 e. The largest absolute Gasteiger partial charge is 0.453 e. The van der Waals surface area contributed by atoms with Crippen LogP contribution in [0.1, 0.15) is 52.3 Å². The lowest BCUT2D eigenvalue weighted by atomic mass is 9.95. The Hall–Kier alpha value is -2.39. The molecule has 1 aliphatic rings. The summed E-state index contributed by atoms with van der Waals surface area (Å²) in [6.45, 7) is 7.45. The van der Waals surface area contributed by atoms with Crippen molar-refractivity contribution < 1.29 is 18.0 Å². The van der Waals surface area contributed by atoms with Gasteiger partial charge < -0.3 is 10.2 Å². The van der Waals surface area contributed by atoms with E-state index in [0.717, 1.165) is 17.4 Å². The quantitative estimate of drug-likeness (QED) is 0.788. The van der Waals surface area contributed by atoms with Gasteiger partial charge in [0.25, 0.3) is 5.82 Å². The van der Waals surface area contributed by atoms with Gasteiger partial charge in [-0.25, -0.2) is 0 Å². The molecule has 2 aromatic heterocycles. The zero-order chi connectivity index (χ0) is 21.2. The summed E-state index contributed by atoms with van der Waals surface area (Å²) >= 11 is 0. The Morgan fingerprint density at radius 2 is 1.86 bits per heavy atom. The molecule has 1 unspecified atom stereocenters. The third-order valence-electron chi connectivity index (χ3n) is 5.26. The van der Waals surface area contributed by atoms with Crippen molar-refractivity contribution in [2.45, 2.75) is 58.7 Å². The minimum Gasteiger partial charge on any atom is -0.355 e. The van der Waals surface area contributed by atoms with Gasteiger partial charge in [-0.05, 0) is 50.7 Å². The van der Waals surface area contributed by atoms with Crippen molar-refractivity contribution in [3.63, 3.8) is 0 Å². The molecule has 0 aromatic carbocycles. The molecule has 3 heterocycles. The molecule has 1 saturated heterocycles. The van der Waals surface area contributed by atoms with Gasteiger partial charge in [-0.3, -0.25) is 4.79 Å². The summed E-state index contributed by atoms with van der Waals surface area (Å²) in [6, 6.07) is 3.25. The van der Waals surface area contributed by atoms with Crippen molar-refractivity contribution >= 4 is 17.4 Å². The van der Waals surface area contributed by atoms with Crippen molar-refractivity contribution in [2.24, 2.45) is 11.8 Å². The number of alkyl halides is 3. The second-order valence-electron chi connectivity index (χ2n) is 8.13. The minimum atomic E-state index is -4.62. The minimum absolute atomic E-state index is 0.0470. The van der Waals surface area contributed by atoms with Crippen LogP contribution in [0.4, 0.5) is 19.0 Å². The number of hydrogen-bond donors (Lipinski definition) is 1. The van der Waals surface area contributed by atoms with Crippen LogP contribution in [-0.2, 0) is 11.0 Å². The summed E-state index contributed by atoms with van der Waals surface area (Å²) in [5, 5.41) is 13.9. The Labute approximate surface area is 167 Å². The highest BCUT2D eigenvalue weighted by atomic mass is 19.4. The van der Waals surface area contributed by atoms with Crippen molar-refractivity contribution in [1.82, 2.24) is 25.1 Å². The molecule has 1 N–H and O–H groups in total. The molecule has 1 amide bonds. The number of rotatable bonds is 6. The van der Waals surface area contributed by atoms with Crippen molar-refractivity contribution in [3.05, 3.63) is 18.0 Å². The lowest BCUT2D eigenvalue weighted by Gasteiger charge is -2.32. The molecule has 0 aliphatic carbocycles. The van der Waals surface area contributed by atoms with Crippen LogP contribution in [0.2, 0.25) is 0 Å². The average molecular weight is 412 g/mol. The first kappa shape index (κ1) is 21.3. The molecule has 2 aromatic rings. The second kappa shape index (κ2) is 8.54. The summed E-state index contributed by atoms with van der Waals surface area (Å²) in [6.07, 6.45) is -1.33. The summed E-state index contributed by atoms with van der Waals surface area (Å²) in [7, 11) is 0. The lowest BCUT2D eigenvalue weighted by Crippen LogP contribution is -2.43. The van der Waals surface area contributed by atoms with Gasteiger partial charge in [0, 0.05) is 25.0 Å². The molecule has 0 bridgehead atoms. The Morgan fingerprint density at radius 3 is 2.48 bits per heavy atom. The first-order valence-corrected chi connectivity index (χ1v) is 10.00. The zero-order valence-corrected chi connectivity index (χ0v) is 16.9. The van der Waals surface area contributed by atoms with Crippen LogP contribution in [0.15, 0.2) is 12.1 Å². The number of hydrogen-bond acceptors (Lipinski definition) is 5. The third kappa shape index (κ3) is 5.16. The number of halogens is 3. The zero-order valence-electron chi connectivity index (χ0n) is 16.9. The fourth-order valence-electron chi connectivity index (χ4n) is 3.51. The van der Waals surface area contributed by atoms with Crippen LogP contribution in [0.5, 0.6) is 0 Å². The molecule has 3 rings (SSSR count). The summed E-state index contributed by atoms with van der Waals surface area (Å²) in [4.78, 5) is 14.4. The molecule has 1 aliphatic heterocycles.